The molecule has 0 atom stereocenters. The molecule has 2 aromatic rings. The molecule has 0 N–H and O–H groups in total. The van der Waals surface area contributed by atoms with Crippen molar-refractivity contribution in [2.24, 2.45) is 12.0 Å². The molecule has 2 heterocycles. The minimum Gasteiger partial charge on any atom is -0.342 e. The highest BCUT2D eigenvalue weighted by Crippen LogP contribution is 2.17. The van der Waals surface area contributed by atoms with E-state index in [1.165, 1.54) is 11.3 Å². The van der Waals surface area contributed by atoms with Crippen LogP contribution in [-0.2, 0) is 26.5 Å². The number of hydrogen-bond donors (Lipinski definition) is 0. The summed E-state index contributed by atoms with van der Waals surface area (Å²) in [4.78, 5) is 30.3. The Balaban J connectivity index is 1.73. The third-order valence-electron chi connectivity index (χ3n) is 4.58. The van der Waals surface area contributed by atoms with Gasteiger partial charge < -0.3 is 9.47 Å². The Hall–Kier alpha value is -2.00. The summed E-state index contributed by atoms with van der Waals surface area (Å²) < 4.78 is 27.3. The maximum atomic E-state index is 12.3. The van der Waals surface area contributed by atoms with Crippen LogP contribution in [0.2, 0.25) is 0 Å². The number of benzene rings is 1. The lowest BCUT2D eigenvalue weighted by Gasteiger charge is -2.26. The van der Waals surface area contributed by atoms with Gasteiger partial charge in [-0.3, -0.25) is 9.59 Å². The summed E-state index contributed by atoms with van der Waals surface area (Å²) in [6.07, 6.45) is 2.84. The van der Waals surface area contributed by atoms with Crippen LogP contribution >= 0.6 is 11.3 Å². The van der Waals surface area contributed by atoms with Gasteiger partial charge in [0.25, 0.3) is 5.91 Å². The molecule has 0 spiro atoms. The van der Waals surface area contributed by atoms with Crippen LogP contribution in [-0.4, -0.2) is 54.3 Å². The number of likely N-dealkylation sites (tertiary alicyclic amines) is 1. The van der Waals surface area contributed by atoms with Gasteiger partial charge >= 0.3 is 0 Å². The van der Waals surface area contributed by atoms with Crippen molar-refractivity contribution < 1.29 is 18.0 Å². The van der Waals surface area contributed by atoms with Crippen molar-refractivity contribution in [1.29, 1.82) is 0 Å². The summed E-state index contributed by atoms with van der Waals surface area (Å²) in [5.74, 6) is -2.56. The summed E-state index contributed by atoms with van der Waals surface area (Å²) in [7, 11) is -2.05. The Morgan fingerprint density at radius 2 is 1.85 bits per heavy atom. The number of fused-ring (bicyclic) bond motifs is 1. The Morgan fingerprint density at radius 3 is 2.56 bits per heavy atom. The van der Waals surface area contributed by atoms with Crippen LogP contribution in [0.1, 0.15) is 24.8 Å². The number of carbonyl (C=O) groups excluding carboxylic acids is 2. The second-order valence-corrected chi connectivity index (χ2v) is 9.97. The highest BCUT2D eigenvalue weighted by Gasteiger charge is 2.25. The first-order valence-corrected chi connectivity index (χ1v) is 11.5. The van der Waals surface area contributed by atoms with E-state index in [0.717, 1.165) is 35.0 Å². The first kappa shape index (κ1) is 19.8. The van der Waals surface area contributed by atoms with Crippen molar-refractivity contribution in [2.45, 2.75) is 26.2 Å². The number of carbonyl (C=O) groups is 2. The van der Waals surface area contributed by atoms with Gasteiger partial charge in [0.15, 0.2) is 14.6 Å². The number of rotatable bonds is 4. The second-order valence-electron chi connectivity index (χ2n) is 6.89. The maximum absolute atomic E-state index is 12.3. The van der Waals surface area contributed by atoms with E-state index in [-0.39, 0.29) is 0 Å². The van der Waals surface area contributed by atoms with Crippen LogP contribution in [0.3, 0.4) is 0 Å². The highest BCUT2D eigenvalue weighted by atomic mass is 32.2. The molecule has 0 aliphatic carbocycles. The third kappa shape index (κ3) is 4.84. The summed E-state index contributed by atoms with van der Waals surface area (Å²) in [6, 6.07) is 5.91. The molecular weight excluding hydrogens is 386 g/mol. The molecular formula is C18H23N3O4S2. The van der Waals surface area contributed by atoms with Gasteiger partial charge in [-0.25, -0.2) is 8.42 Å². The summed E-state index contributed by atoms with van der Waals surface area (Å²) >= 11 is 1.33. The molecule has 1 aromatic carbocycles. The first-order chi connectivity index (χ1) is 12.7. The van der Waals surface area contributed by atoms with Crippen LogP contribution < -0.4 is 4.80 Å². The first-order valence-electron chi connectivity index (χ1n) is 8.87. The third-order valence-corrected chi connectivity index (χ3v) is 7.05. The quantitative estimate of drug-likeness (QED) is 0.764. The molecule has 2 amide bonds. The molecule has 146 valence electrons. The number of nitrogens with zero attached hydrogens (tertiary/aromatic N) is 3. The van der Waals surface area contributed by atoms with E-state index in [2.05, 4.69) is 4.99 Å². The van der Waals surface area contributed by atoms with Crippen LogP contribution in [0.5, 0.6) is 0 Å². The maximum Gasteiger partial charge on any atom is 0.263 e. The molecule has 0 bridgehead atoms. The number of sulfone groups is 1. The Bertz CT molecular complexity index is 1040. The fourth-order valence-corrected chi connectivity index (χ4v) is 5.38. The molecule has 0 radical (unpaired) electrons. The molecule has 3 rings (SSSR count). The average Bonchev–Trinajstić information content (AvgIpc) is 2.89. The second kappa shape index (κ2) is 7.93. The zero-order valence-electron chi connectivity index (χ0n) is 15.5. The number of aryl methyl sites for hydroxylation is 2. The Morgan fingerprint density at radius 1 is 1.15 bits per heavy atom. The van der Waals surface area contributed by atoms with E-state index < -0.39 is 33.2 Å². The fourth-order valence-electron chi connectivity index (χ4n) is 3.15. The fraction of sp³-hybridized carbons (Fsp3) is 0.500. The predicted octanol–water partition coefficient (Wildman–Crippen LogP) is 1.40. The van der Waals surface area contributed by atoms with Gasteiger partial charge in [-0.05, 0) is 43.9 Å². The molecule has 1 saturated heterocycles. The van der Waals surface area contributed by atoms with E-state index >= 15 is 0 Å². The lowest BCUT2D eigenvalue weighted by Crippen LogP contribution is -2.40. The Labute approximate surface area is 162 Å². The van der Waals surface area contributed by atoms with E-state index in [1.54, 1.807) is 16.5 Å². The normalized spacial score (nSPS) is 16.1. The van der Waals surface area contributed by atoms with Crippen molar-refractivity contribution in [3.63, 3.8) is 0 Å². The minimum atomic E-state index is -3.84. The molecule has 1 aliphatic rings. The lowest BCUT2D eigenvalue weighted by molar-refractivity contribution is -0.129. The largest absolute Gasteiger partial charge is 0.342 e. The molecule has 0 saturated carbocycles. The smallest absolute Gasteiger partial charge is 0.263 e. The predicted molar refractivity (Wildman–Crippen MR) is 105 cm³/mol. The number of amides is 2. The zero-order valence-corrected chi connectivity index (χ0v) is 17.1. The summed E-state index contributed by atoms with van der Waals surface area (Å²) in [5, 5.41) is 0. The van der Waals surface area contributed by atoms with Crippen LogP contribution in [0, 0.1) is 6.92 Å². The average molecular weight is 410 g/mol. The van der Waals surface area contributed by atoms with E-state index in [1.807, 2.05) is 25.1 Å². The van der Waals surface area contributed by atoms with Crippen LogP contribution in [0.25, 0.3) is 10.2 Å². The number of aromatic nitrogens is 1. The SMILES string of the molecule is Cc1ccc2c(c1)sc(=NC(=O)CS(=O)(=O)CC(=O)N1CCCCC1)n2C. The number of hydrogen-bond acceptors (Lipinski definition) is 5. The van der Waals surface area contributed by atoms with E-state index in [4.69, 9.17) is 0 Å². The van der Waals surface area contributed by atoms with Crippen LogP contribution in [0.4, 0.5) is 0 Å². The molecule has 1 aliphatic heterocycles. The van der Waals surface area contributed by atoms with Crippen molar-refractivity contribution in [1.82, 2.24) is 9.47 Å². The topological polar surface area (TPSA) is 88.8 Å². The molecule has 27 heavy (non-hydrogen) atoms. The summed E-state index contributed by atoms with van der Waals surface area (Å²) in [5.41, 5.74) is 2.03. The van der Waals surface area contributed by atoms with Crippen molar-refractivity contribution in [3.8, 4) is 0 Å². The molecule has 9 heteroatoms. The van der Waals surface area contributed by atoms with E-state index in [0.29, 0.717) is 17.9 Å². The van der Waals surface area contributed by atoms with Gasteiger partial charge in [0, 0.05) is 20.1 Å². The van der Waals surface area contributed by atoms with Crippen molar-refractivity contribution in [2.75, 3.05) is 24.6 Å². The van der Waals surface area contributed by atoms with Gasteiger partial charge in [0.05, 0.1) is 10.2 Å². The van der Waals surface area contributed by atoms with Crippen molar-refractivity contribution in [3.05, 3.63) is 28.6 Å². The number of thiazole rings is 1. The molecule has 1 fully saturated rings. The van der Waals surface area contributed by atoms with Gasteiger partial charge in [0.1, 0.15) is 11.5 Å². The standard InChI is InChI=1S/C18H23N3O4S2/c1-13-6-7-14-15(10-13)26-18(20(14)2)19-16(22)11-27(24,25)12-17(23)21-8-4-3-5-9-21/h6-7,10H,3-5,8-9,11-12H2,1-2H3. The van der Waals surface area contributed by atoms with Crippen LogP contribution in [0.15, 0.2) is 23.2 Å². The highest BCUT2D eigenvalue weighted by molar-refractivity contribution is 7.92. The van der Waals surface area contributed by atoms with Gasteiger partial charge in [-0.15, -0.1) is 0 Å². The van der Waals surface area contributed by atoms with Gasteiger partial charge in [-0.2, -0.15) is 4.99 Å². The minimum absolute atomic E-state index is 0.426. The molecule has 0 unspecified atom stereocenters. The molecule has 1 aromatic heterocycles. The van der Waals surface area contributed by atoms with Gasteiger partial charge in [0.2, 0.25) is 5.91 Å². The summed E-state index contributed by atoms with van der Waals surface area (Å²) in [6.45, 7) is 3.15. The number of piperidine rings is 1. The lowest BCUT2D eigenvalue weighted by atomic mass is 10.1. The van der Waals surface area contributed by atoms with Crippen molar-refractivity contribution >= 4 is 43.2 Å². The zero-order chi connectivity index (χ0) is 19.6. The Kier molecular flexibility index (Phi) is 5.81. The van der Waals surface area contributed by atoms with Gasteiger partial charge in [-0.1, -0.05) is 17.4 Å². The molecule has 7 nitrogen and oxygen atoms in total. The van der Waals surface area contributed by atoms with E-state index in [9.17, 15) is 18.0 Å². The monoisotopic (exact) mass is 409 g/mol.